The highest BCUT2D eigenvalue weighted by Crippen LogP contribution is 2.61. The van der Waals surface area contributed by atoms with Gasteiger partial charge < -0.3 is 102 Å². The molecule has 2 aliphatic heterocycles. The number of phosphoric acid groups is 2. The molecule has 0 aromatic heterocycles. The van der Waals surface area contributed by atoms with Gasteiger partial charge in [0.15, 0.2) is 12.6 Å². The number of nitrogens with two attached hydrogens (primary N) is 1. The molecule has 2 unspecified atom stereocenters. The van der Waals surface area contributed by atoms with Crippen LogP contribution >= 0.6 is 15.6 Å². The summed E-state index contributed by atoms with van der Waals surface area (Å²) < 4.78 is 66.5. The minimum Gasteiger partial charge on any atom is -0.481 e. The molecule has 2 rings (SSSR count). The van der Waals surface area contributed by atoms with Crippen molar-refractivity contribution in [1.82, 2.24) is 37.2 Å². The van der Waals surface area contributed by atoms with Crippen LogP contribution in [0.5, 0.6) is 0 Å². The van der Waals surface area contributed by atoms with Gasteiger partial charge in [-0.1, -0.05) is 128 Å². The lowest BCUT2D eigenvalue weighted by molar-refractivity contribution is -0.331. The highest BCUT2D eigenvalue weighted by atomic mass is 31.3. The number of phosphoric ester groups is 2. The lowest BCUT2D eigenvalue weighted by atomic mass is 9.94. The number of carbonyl (C=O) groups excluding carboxylic acids is 7. The summed E-state index contributed by atoms with van der Waals surface area (Å²) in [6.07, 6.45) is 26.6. The fourth-order valence-corrected chi connectivity index (χ4v) is 16.1. The van der Waals surface area contributed by atoms with Gasteiger partial charge in [-0.25, -0.2) is 9.13 Å². The van der Waals surface area contributed by atoms with Gasteiger partial charge in [-0.15, -0.1) is 0 Å². The number of aliphatic carboxylic acids is 2. The molecule has 34 nitrogen and oxygen atoms in total. The summed E-state index contributed by atoms with van der Waals surface area (Å²) in [6.45, 7) is 30.0. The summed E-state index contributed by atoms with van der Waals surface area (Å²) in [5.74, 6) is -9.77. The first-order valence-electron chi connectivity index (χ1n) is 45.4. The third kappa shape index (κ3) is 50.4. The minimum absolute atomic E-state index is 0.0820. The van der Waals surface area contributed by atoms with Gasteiger partial charge in [0.25, 0.3) is 0 Å². The molecule has 0 aromatic carbocycles. The first kappa shape index (κ1) is 118. The number of ether oxygens (including phenoxy) is 4. The van der Waals surface area contributed by atoms with E-state index in [1.165, 1.54) is 70.1 Å². The van der Waals surface area contributed by atoms with Crippen molar-refractivity contribution in [3.05, 3.63) is 128 Å². The number of carbonyl (C=O) groups is 9. The minimum atomic E-state index is -5.96. The molecular weight excluding hydrogens is 1720 g/mol. The number of aliphatic hydroxyl groups is 4. The van der Waals surface area contributed by atoms with E-state index >= 15 is 0 Å². The second-order valence-electron chi connectivity index (χ2n) is 34.7. The van der Waals surface area contributed by atoms with Crippen LogP contribution in [-0.4, -0.2) is 218 Å². The van der Waals surface area contributed by atoms with E-state index in [2.05, 4.69) is 172 Å². The van der Waals surface area contributed by atoms with E-state index in [1.54, 1.807) is 6.92 Å². The Kier molecular flexibility index (Phi) is 57.8. The van der Waals surface area contributed by atoms with Gasteiger partial charge >= 0.3 is 27.6 Å². The number of aliphatic hydroxyl groups excluding tert-OH is 4. The Balaban J connectivity index is 2.12. The summed E-state index contributed by atoms with van der Waals surface area (Å²) in [4.78, 5) is 139. The molecule has 7 amide bonds. The number of rotatable bonds is 63. The van der Waals surface area contributed by atoms with E-state index in [-0.39, 0.29) is 19.4 Å². The smallest absolute Gasteiger partial charge is 0.481 e. The predicted octanol–water partition coefficient (Wildman–Crippen LogP) is 12.4. The molecule has 2 saturated heterocycles. The van der Waals surface area contributed by atoms with Crippen molar-refractivity contribution < 1.29 is 125 Å². The van der Waals surface area contributed by atoms with Gasteiger partial charge in [-0.2, -0.15) is 4.31 Å². The van der Waals surface area contributed by atoms with E-state index in [1.807, 2.05) is 6.92 Å². The maximum atomic E-state index is 14.3. The molecule has 2 heterocycles. The molecule has 2 aliphatic rings. The van der Waals surface area contributed by atoms with Crippen LogP contribution in [0.15, 0.2) is 128 Å². The number of unbranched alkanes of at least 4 members (excludes halogenated alkanes) is 1. The second-order valence-corrected chi connectivity index (χ2v) is 37.7. The van der Waals surface area contributed by atoms with Crippen LogP contribution < -0.4 is 43.0 Å². The summed E-state index contributed by atoms with van der Waals surface area (Å²) in [6, 6.07) is -11.2. The molecule has 738 valence electrons. The van der Waals surface area contributed by atoms with E-state index in [0.717, 1.165) is 154 Å². The molecule has 0 aromatic rings. The van der Waals surface area contributed by atoms with Crippen molar-refractivity contribution in [1.29, 1.82) is 0 Å². The number of carboxylic acids is 2. The molecule has 0 aliphatic carbocycles. The molecule has 36 heteroatoms. The number of allylic oxidation sites excluding steroid dienone is 21. The van der Waals surface area contributed by atoms with Gasteiger partial charge in [-0.05, 0) is 271 Å². The van der Waals surface area contributed by atoms with Crippen LogP contribution in [0.4, 0.5) is 0 Å². The summed E-state index contributed by atoms with van der Waals surface area (Å²) in [7, 11) is -11.5. The lowest BCUT2D eigenvalue weighted by Gasteiger charge is -2.49. The summed E-state index contributed by atoms with van der Waals surface area (Å²) in [5.41, 5.74) is 20.4. The van der Waals surface area contributed by atoms with Crippen LogP contribution in [0, 0.1) is 0 Å². The van der Waals surface area contributed by atoms with Crippen molar-refractivity contribution in [2.24, 2.45) is 5.73 Å². The summed E-state index contributed by atoms with van der Waals surface area (Å²) >= 11 is 0. The molecule has 0 spiro atoms. The second kappa shape index (κ2) is 63.5. The van der Waals surface area contributed by atoms with Crippen LogP contribution in [0.3, 0.4) is 0 Å². The first-order chi connectivity index (χ1) is 61.1. The molecule has 2 fully saturated rings. The molecule has 0 bridgehead atoms. The van der Waals surface area contributed by atoms with Gasteiger partial charge in [0.2, 0.25) is 41.4 Å². The fraction of sp³-hybridized carbons (Fsp3) is 0.670. The zero-order valence-corrected chi connectivity index (χ0v) is 81.8. The van der Waals surface area contributed by atoms with Gasteiger partial charge in [0.1, 0.15) is 85.0 Å². The molecule has 18 atom stereocenters. The van der Waals surface area contributed by atoms with Crippen molar-refractivity contribution in [2.75, 3.05) is 26.4 Å². The van der Waals surface area contributed by atoms with Crippen molar-refractivity contribution in [3.8, 4) is 0 Å². The Labute approximate surface area is 770 Å². The quantitative estimate of drug-likeness (QED) is 0.0153. The van der Waals surface area contributed by atoms with Gasteiger partial charge in [-0.3, -0.25) is 52.2 Å². The average Bonchev–Trinajstić information content (AvgIpc) is 0.768. The molecule has 0 radical (unpaired) electrons. The zero-order chi connectivity index (χ0) is 98.0. The Morgan fingerprint density at radius 2 is 0.762 bits per heavy atom. The average molecular weight is 1880 g/mol. The van der Waals surface area contributed by atoms with E-state index in [4.69, 9.17) is 33.7 Å². The number of hydrogen-bond acceptors (Lipinski definition) is 23. The molecule has 0 saturated carbocycles. The Morgan fingerprint density at radius 1 is 0.408 bits per heavy atom. The normalized spacial score (nSPS) is 22.4. The Hall–Kier alpha value is -7.73. The lowest BCUT2D eigenvalue weighted by Crippen LogP contribution is -2.70. The standard InChI is InChI=1S/C94H156N8O26P2/c1-59(2)31-21-32-60(3)33-22-34-61(4)35-23-36-62(5)37-24-38-63(6)39-25-40-64(7)41-26-42-65(8)43-27-44-66(9)45-28-46-67(10)47-29-48-68(11)49-30-50-69(12)54-56-122-129(118,119)128-130(120,121)127-94-82(100-75(18)106)86(85(79(58-104)125-94)126-93-81(99-74(17)105)84(110)83(109)78(57-103)124-93)123-73(16)89(113)96-71(14)88(112)101-77(52-53-80(107)108)91(115)102-76(51-19-20-55-95)90(114)97-70(13)87(111)98-72(15)92(116)117/h31,33,35,37,39,41,43,45,47,49,54,70-73,76-79,81-86,93-94,103-104,109-110H,19-30,32,34,36,38,40,42,44,46,48,50-53,55-58,95H2,1-18H3,(H,96,113)(H,97,114)(H,98,111)(H,99,105)(H,100,106)(H,101,112)(H,102,115)(H,107,108)(H,116,117)(H,118,119)(H,120,121)/b60-33+,61-35+,62-37+,63-39+,64-41-,65-43+,66-45+,67-47+,68-49+,69-54+/t70-,71+,72-,73-,76+,77-,78-,79-,81-,82-,83-,84-,85-,86-,93-,94-/m1/s1. The number of amides is 7. The van der Waals surface area contributed by atoms with Gasteiger partial charge in [0, 0.05) is 20.3 Å². The SMILES string of the molecule is CC(=O)N[C@H]1[C@@H](O[C@H]2[C@H](O[C@H](C)C(=O)N[C@@H](C)C(=O)N[C@H](CCC(=O)O)C(=O)N[C@@H](CCCCN)C(=O)N[C@H](C)C(=O)N[C@H](C)C(=O)O)[C@@H](NC(C)=O)[C@@H](OP(=O)(O)OP(=O)(O)OC/C=C(\C)CC/C=C(\C)CC/C=C(\C)CC/C=C(\C)CC/C=C(\C)CC/C=C(/C)CC/C=C(\C)CC/C=C(\C)CC/C=C(\C)CC/C=C(\C)CCC=C(C)C)O[C@@H]2CO)O[C@H](CO)[C@@H](O)[C@@H]1O. The first-order valence-corrected chi connectivity index (χ1v) is 48.4. The third-order valence-corrected chi connectivity index (χ3v) is 24.6. The highest BCUT2D eigenvalue weighted by molar-refractivity contribution is 7.61. The zero-order valence-electron chi connectivity index (χ0n) is 80.0. The van der Waals surface area contributed by atoms with E-state index in [9.17, 15) is 92.7 Å². The van der Waals surface area contributed by atoms with Crippen molar-refractivity contribution in [3.63, 3.8) is 0 Å². The monoisotopic (exact) mass is 1880 g/mol. The number of carboxylic acid groups (broad SMARTS) is 2. The molecule has 17 N–H and O–H groups in total. The van der Waals surface area contributed by atoms with Gasteiger partial charge in [0.05, 0.1) is 19.8 Å². The van der Waals surface area contributed by atoms with E-state index < -0.39 is 199 Å². The topological polar surface area (TPSA) is 524 Å². The van der Waals surface area contributed by atoms with Crippen LogP contribution in [-0.2, 0) is 84.6 Å². The van der Waals surface area contributed by atoms with Crippen molar-refractivity contribution in [2.45, 2.75) is 383 Å². The number of nitrogens with one attached hydrogen (secondary N) is 7. The van der Waals surface area contributed by atoms with Crippen LogP contribution in [0.2, 0.25) is 0 Å². The van der Waals surface area contributed by atoms with Crippen LogP contribution in [0.1, 0.15) is 285 Å². The predicted molar refractivity (Wildman–Crippen MR) is 499 cm³/mol. The van der Waals surface area contributed by atoms with Crippen LogP contribution in [0.25, 0.3) is 0 Å². The molecule has 130 heavy (non-hydrogen) atoms. The van der Waals surface area contributed by atoms with Crippen molar-refractivity contribution >= 4 is 68.9 Å². The Bertz CT molecular complexity index is 4070. The maximum Gasteiger partial charge on any atom is 0.483 e. The number of hydrogen-bond donors (Lipinski definition) is 16. The largest absolute Gasteiger partial charge is 0.483 e. The fourth-order valence-electron chi connectivity index (χ4n) is 14.0. The third-order valence-electron chi connectivity index (χ3n) is 22.0. The highest BCUT2D eigenvalue weighted by Gasteiger charge is 2.55. The summed E-state index contributed by atoms with van der Waals surface area (Å²) in [5, 5.41) is 78.4. The Morgan fingerprint density at radius 3 is 1.15 bits per heavy atom. The van der Waals surface area contributed by atoms with E-state index in [0.29, 0.717) is 19.3 Å². The molecular formula is C94H156N8O26P2. The maximum absolute atomic E-state index is 14.3.